The number of halogens is 1. The summed E-state index contributed by atoms with van der Waals surface area (Å²) < 4.78 is 1.03. The molecule has 0 aliphatic rings. The van der Waals surface area contributed by atoms with E-state index in [0.29, 0.717) is 6.54 Å². The van der Waals surface area contributed by atoms with Gasteiger partial charge >= 0.3 is 0 Å². The number of rotatable bonds is 7. The molecule has 3 N–H and O–H groups in total. The number of hydrogen-bond acceptors (Lipinski definition) is 3. The molecule has 5 nitrogen and oxygen atoms in total. The maximum atomic E-state index is 12.0. The fourth-order valence-corrected chi connectivity index (χ4v) is 2.06. The molecule has 0 bridgehead atoms. The Labute approximate surface area is 140 Å². The van der Waals surface area contributed by atoms with Crippen molar-refractivity contribution in [3.05, 3.63) is 34.3 Å². The third kappa shape index (κ3) is 6.15. The number of hydrogen-bond donors (Lipinski definition) is 2. The molecule has 2 amide bonds. The Bertz CT molecular complexity index is 503. The first-order valence-corrected chi connectivity index (χ1v) is 8.12. The normalized spacial score (nSPS) is 12.1. The Morgan fingerprint density at radius 1 is 1.27 bits per heavy atom. The molecular formula is C16H24BrN3O2. The minimum absolute atomic E-state index is 0.0178. The minimum atomic E-state index is -0.583. The summed E-state index contributed by atoms with van der Waals surface area (Å²) in [4.78, 5) is 25.3. The quantitative estimate of drug-likeness (QED) is 0.765. The van der Waals surface area contributed by atoms with Crippen molar-refractivity contribution in [1.82, 2.24) is 10.2 Å². The summed E-state index contributed by atoms with van der Waals surface area (Å²) in [6.45, 7) is 4.33. The molecule has 0 saturated heterocycles. The number of benzene rings is 1. The summed E-state index contributed by atoms with van der Waals surface area (Å²) in [5, 5.41) is 2.59. The van der Waals surface area contributed by atoms with Crippen LogP contribution in [0.1, 0.15) is 19.4 Å². The van der Waals surface area contributed by atoms with Crippen molar-refractivity contribution < 1.29 is 9.59 Å². The van der Waals surface area contributed by atoms with Crippen molar-refractivity contribution in [2.75, 3.05) is 20.1 Å². The van der Waals surface area contributed by atoms with Crippen molar-refractivity contribution in [3.63, 3.8) is 0 Å². The van der Waals surface area contributed by atoms with Crippen LogP contribution in [-0.2, 0) is 16.0 Å². The van der Waals surface area contributed by atoms with Crippen LogP contribution in [0, 0.1) is 5.92 Å². The molecule has 0 aliphatic heterocycles. The number of carbonyl (C=O) groups excluding carboxylic acids is 2. The average molecular weight is 370 g/mol. The van der Waals surface area contributed by atoms with Crippen LogP contribution < -0.4 is 11.1 Å². The number of nitrogens with two attached hydrogens (primary N) is 1. The van der Waals surface area contributed by atoms with Crippen LogP contribution in [0.4, 0.5) is 0 Å². The zero-order valence-electron chi connectivity index (χ0n) is 13.3. The molecule has 0 aliphatic carbocycles. The van der Waals surface area contributed by atoms with Gasteiger partial charge in [-0.25, -0.2) is 0 Å². The lowest BCUT2D eigenvalue weighted by Gasteiger charge is -2.19. The smallest absolute Gasteiger partial charge is 0.241 e. The summed E-state index contributed by atoms with van der Waals surface area (Å²) >= 11 is 3.39. The predicted octanol–water partition coefficient (Wildman–Crippen LogP) is 1.55. The summed E-state index contributed by atoms with van der Waals surface area (Å²) in [6.07, 6.45) is 0.773. The van der Waals surface area contributed by atoms with E-state index in [-0.39, 0.29) is 24.3 Å². The Hall–Kier alpha value is -1.40. The molecule has 1 aromatic carbocycles. The van der Waals surface area contributed by atoms with Crippen LogP contribution in [0.2, 0.25) is 0 Å². The molecule has 122 valence electrons. The van der Waals surface area contributed by atoms with E-state index in [4.69, 9.17) is 5.73 Å². The highest BCUT2D eigenvalue weighted by Gasteiger charge is 2.18. The molecular weight excluding hydrogens is 346 g/mol. The fraction of sp³-hybridized carbons (Fsp3) is 0.500. The minimum Gasteiger partial charge on any atom is -0.346 e. The molecule has 22 heavy (non-hydrogen) atoms. The van der Waals surface area contributed by atoms with Gasteiger partial charge in [-0.2, -0.15) is 0 Å². The van der Waals surface area contributed by atoms with Crippen molar-refractivity contribution in [1.29, 1.82) is 0 Å². The van der Waals surface area contributed by atoms with Crippen LogP contribution in [-0.4, -0.2) is 42.9 Å². The van der Waals surface area contributed by atoms with E-state index in [0.717, 1.165) is 16.5 Å². The summed E-state index contributed by atoms with van der Waals surface area (Å²) in [7, 11) is 1.73. The number of carbonyl (C=O) groups is 2. The van der Waals surface area contributed by atoms with Gasteiger partial charge in [0, 0.05) is 18.1 Å². The molecule has 0 saturated carbocycles. The van der Waals surface area contributed by atoms with Crippen molar-refractivity contribution in [2.45, 2.75) is 26.3 Å². The second kappa shape index (κ2) is 8.90. The largest absolute Gasteiger partial charge is 0.346 e. The maximum Gasteiger partial charge on any atom is 0.241 e. The number of nitrogens with one attached hydrogen (secondary N) is 1. The predicted molar refractivity (Wildman–Crippen MR) is 91.3 cm³/mol. The fourth-order valence-electron chi connectivity index (χ4n) is 1.79. The topological polar surface area (TPSA) is 75.4 Å². The van der Waals surface area contributed by atoms with E-state index in [1.807, 2.05) is 38.1 Å². The first kappa shape index (κ1) is 18.6. The molecule has 1 rings (SSSR count). The lowest BCUT2D eigenvalue weighted by molar-refractivity contribution is -0.132. The molecule has 1 aromatic rings. The Kier molecular flexibility index (Phi) is 7.55. The van der Waals surface area contributed by atoms with E-state index in [1.54, 1.807) is 11.9 Å². The lowest BCUT2D eigenvalue weighted by Crippen LogP contribution is -2.47. The standard InChI is InChI=1S/C16H24BrN3O2/c1-11(2)15(18)16(22)19-10-14(21)20(3)9-8-12-4-6-13(17)7-5-12/h4-7,11,15H,8-10,18H2,1-3H3,(H,19,22)/t15-/m0/s1. The van der Waals surface area contributed by atoms with Gasteiger partial charge in [0.25, 0.3) is 0 Å². The van der Waals surface area contributed by atoms with E-state index >= 15 is 0 Å². The van der Waals surface area contributed by atoms with Gasteiger partial charge in [-0.05, 0) is 30.0 Å². The first-order valence-electron chi connectivity index (χ1n) is 7.33. The summed E-state index contributed by atoms with van der Waals surface area (Å²) in [5.74, 6) is -0.365. The molecule has 6 heteroatoms. The van der Waals surface area contributed by atoms with Gasteiger partial charge in [-0.15, -0.1) is 0 Å². The molecule has 0 unspecified atom stereocenters. The number of amides is 2. The van der Waals surface area contributed by atoms with Gasteiger partial charge in [0.05, 0.1) is 12.6 Å². The van der Waals surface area contributed by atoms with Crippen LogP contribution in [0.5, 0.6) is 0 Å². The highest BCUT2D eigenvalue weighted by atomic mass is 79.9. The molecule has 0 heterocycles. The average Bonchev–Trinajstić information content (AvgIpc) is 2.50. The highest BCUT2D eigenvalue weighted by Crippen LogP contribution is 2.11. The van der Waals surface area contributed by atoms with Crippen LogP contribution >= 0.6 is 15.9 Å². The van der Waals surface area contributed by atoms with Crippen molar-refractivity contribution in [3.8, 4) is 0 Å². The second-order valence-electron chi connectivity index (χ2n) is 5.68. The Morgan fingerprint density at radius 2 is 1.86 bits per heavy atom. The Morgan fingerprint density at radius 3 is 2.41 bits per heavy atom. The first-order chi connectivity index (χ1) is 10.3. The highest BCUT2D eigenvalue weighted by molar-refractivity contribution is 9.10. The van der Waals surface area contributed by atoms with Gasteiger partial charge in [0.1, 0.15) is 0 Å². The summed E-state index contributed by atoms with van der Waals surface area (Å²) in [5.41, 5.74) is 6.89. The summed E-state index contributed by atoms with van der Waals surface area (Å²) in [6, 6.07) is 7.41. The van der Waals surface area contributed by atoms with Crippen LogP contribution in [0.15, 0.2) is 28.7 Å². The van der Waals surface area contributed by atoms with Gasteiger partial charge in [0.15, 0.2) is 0 Å². The molecule has 0 radical (unpaired) electrons. The molecule has 0 fully saturated rings. The third-order valence-corrected chi connectivity index (χ3v) is 4.04. The number of likely N-dealkylation sites (N-methyl/N-ethyl adjacent to an activating group) is 1. The van der Waals surface area contributed by atoms with E-state index in [9.17, 15) is 9.59 Å². The van der Waals surface area contributed by atoms with Crippen LogP contribution in [0.25, 0.3) is 0 Å². The van der Waals surface area contributed by atoms with E-state index in [1.165, 1.54) is 0 Å². The number of nitrogens with zero attached hydrogens (tertiary/aromatic N) is 1. The zero-order chi connectivity index (χ0) is 16.7. The van der Waals surface area contributed by atoms with Crippen molar-refractivity contribution in [2.24, 2.45) is 11.7 Å². The molecule has 0 spiro atoms. The van der Waals surface area contributed by atoms with Gasteiger partial charge in [-0.1, -0.05) is 41.9 Å². The van der Waals surface area contributed by atoms with Gasteiger partial charge in [0.2, 0.25) is 11.8 Å². The van der Waals surface area contributed by atoms with Gasteiger partial charge < -0.3 is 16.0 Å². The maximum absolute atomic E-state index is 12.0. The van der Waals surface area contributed by atoms with Gasteiger partial charge in [-0.3, -0.25) is 9.59 Å². The van der Waals surface area contributed by atoms with E-state index in [2.05, 4.69) is 21.2 Å². The monoisotopic (exact) mass is 369 g/mol. The van der Waals surface area contributed by atoms with Crippen molar-refractivity contribution >= 4 is 27.7 Å². The zero-order valence-corrected chi connectivity index (χ0v) is 14.9. The second-order valence-corrected chi connectivity index (χ2v) is 6.60. The van der Waals surface area contributed by atoms with E-state index < -0.39 is 6.04 Å². The van der Waals surface area contributed by atoms with Crippen LogP contribution in [0.3, 0.4) is 0 Å². The lowest BCUT2D eigenvalue weighted by atomic mass is 10.1. The third-order valence-electron chi connectivity index (χ3n) is 3.51. The SMILES string of the molecule is CC(C)[C@H](N)C(=O)NCC(=O)N(C)CCc1ccc(Br)cc1. The Balaban J connectivity index is 2.36. The molecule has 1 atom stereocenters. The molecule has 0 aromatic heterocycles.